The summed E-state index contributed by atoms with van der Waals surface area (Å²) in [6.45, 7) is 1.14. The SMILES string of the molecule is O=C(CO)N1CCC[C@@H](Cc2ccccn2)C1. The van der Waals surface area contributed by atoms with E-state index in [4.69, 9.17) is 5.11 Å². The summed E-state index contributed by atoms with van der Waals surface area (Å²) in [6.07, 6.45) is 4.86. The van der Waals surface area contributed by atoms with Gasteiger partial charge >= 0.3 is 0 Å². The highest BCUT2D eigenvalue weighted by Gasteiger charge is 2.23. The van der Waals surface area contributed by atoms with Crippen molar-refractivity contribution < 1.29 is 9.90 Å². The predicted octanol–water partition coefficient (Wildman–Crippen LogP) is 0.855. The van der Waals surface area contributed by atoms with Crippen LogP contribution in [0.3, 0.4) is 0 Å². The first-order valence-electron chi connectivity index (χ1n) is 6.08. The van der Waals surface area contributed by atoms with Crippen LogP contribution in [0.1, 0.15) is 18.5 Å². The molecule has 17 heavy (non-hydrogen) atoms. The molecular weight excluding hydrogens is 216 g/mol. The smallest absolute Gasteiger partial charge is 0.248 e. The second-order valence-electron chi connectivity index (χ2n) is 4.53. The van der Waals surface area contributed by atoms with Crippen LogP contribution in [-0.4, -0.2) is 40.6 Å². The molecule has 1 N–H and O–H groups in total. The van der Waals surface area contributed by atoms with Gasteiger partial charge in [-0.3, -0.25) is 9.78 Å². The number of amides is 1. The van der Waals surface area contributed by atoms with Gasteiger partial charge in [-0.1, -0.05) is 6.07 Å². The van der Waals surface area contributed by atoms with Gasteiger partial charge in [-0.25, -0.2) is 0 Å². The normalized spacial score (nSPS) is 20.3. The fourth-order valence-electron chi connectivity index (χ4n) is 2.37. The number of aliphatic hydroxyl groups excluding tert-OH is 1. The van der Waals surface area contributed by atoms with Gasteiger partial charge in [0.15, 0.2) is 0 Å². The summed E-state index contributed by atoms with van der Waals surface area (Å²) in [5.41, 5.74) is 1.08. The monoisotopic (exact) mass is 234 g/mol. The van der Waals surface area contributed by atoms with E-state index in [-0.39, 0.29) is 12.5 Å². The molecule has 0 radical (unpaired) electrons. The van der Waals surface area contributed by atoms with Crippen LogP contribution in [0.15, 0.2) is 24.4 Å². The van der Waals surface area contributed by atoms with Crippen molar-refractivity contribution in [1.29, 1.82) is 0 Å². The van der Waals surface area contributed by atoms with Crippen molar-refractivity contribution in [3.05, 3.63) is 30.1 Å². The number of piperidine rings is 1. The van der Waals surface area contributed by atoms with Crippen molar-refractivity contribution in [2.75, 3.05) is 19.7 Å². The maximum atomic E-state index is 11.4. The summed E-state index contributed by atoms with van der Waals surface area (Å²) in [5.74, 6) is 0.310. The zero-order valence-corrected chi connectivity index (χ0v) is 9.88. The fourth-order valence-corrected chi connectivity index (χ4v) is 2.37. The molecule has 1 aromatic rings. The van der Waals surface area contributed by atoms with E-state index in [0.29, 0.717) is 5.92 Å². The first-order valence-corrected chi connectivity index (χ1v) is 6.08. The number of pyridine rings is 1. The minimum Gasteiger partial charge on any atom is -0.387 e. The maximum absolute atomic E-state index is 11.4. The lowest BCUT2D eigenvalue weighted by Gasteiger charge is -2.32. The molecular formula is C13H18N2O2. The molecule has 92 valence electrons. The highest BCUT2D eigenvalue weighted by Crippen LogP contribution is 2.19. The van der Waals surface area contributed by atoms with Crippen molar-refractivity contribution in [3.63, 3.8) is 0 Å². The Balaban J connectivity index is 1.92. The second-order valence-corrected chi connectivity index (χ2v) is 4.53. The molecule has 1 atom stereocenters. The molecule has 1 saturated heterocycles. The van der Waals surface area contributed by atoms with Gasteiger partial charge in [0.1, 0.15) is 6.61 Å². The zero-order chi connectivity index (χ0) is 12.1. The molecule has 0 bridgehead atoms. The molecule has 2 heterocycles. The number of aliphatic hydroxyl groups is 1. The maximum Gasteiger partial charge on any atom is 0.248 e. The Morgan fingerprint density at radius 1 is 1.53 bits per heavy atom. The van der Waals surface area contributed by atoms with E-state index in [0.717, 1.165) is 38.0 Å². The number of carbonyl (C=O) groups is 1. The molecule has 0 aliphatic carbocycles. The average molecular weight is 234 g/mol. The molecule has 0 aromatic carbocycles. The van der Waals surface area contributed by atoms with Gasteiger partial charge < -0.3 is 10.0 Å². The Labute approximate surface area is 101 Å². The second kappa shape index (κ2) is 5.77. The lowest BCUT2D eigenvalue weighted by molar-refractivity contribution is -0.136. The Bertz CT molecular complexity index is 367. The number of likely N-dealkylation sites (tertiary alicyclic amines) is 1. The van der Waals surface area contributed by atoms with Crippen molar-refractivity contribution in [3.8, 4) is 0 Å². The highest BCUT2D eigenvalue weighted by molar-refractivity contribution is 5.77. The molecule has 2 rings (SSSR count). The summed E-state index contributed by atoms with van der Waals surface area (Å²) in [6, 6.07) is 5.92. The number of aromatic nitrogens is 1. The van der Waals surface area contributed by atoms with Crippen molar-refractivity contribution in [2.24, 2.45) is 5.92 Å². The first kappa shape index (κ1) is 12.0. The molecule has 1 amide bonds. The number of nitrogens with zero attached hydrogens (tertiary/aromatic N) is 2. The van der Waals surface area contributed by atoms with Crippen LogP contribution < -0.4 is 0 Å². The van der Waals surface area contributed by atoms with Gasteiger partial charge in [0.25, 0.3) is 0 Å². The van der Waals surface area contributed by atoms with E-state index in [1.807, 2.05) is 18.2 Å². The average Bonchev–Trinajstić information content (AvgIpc) is 2.39. The van der Waals surface area contributed by atoms with Crippen molar-refractivity contribution >= 4 is 5.91 Å². The third kappa shape index (κ3) is 3.27. The van der Waals surface area contributed by atoms with Crippen LogP contribution in [0, 0.1) is 5.92 Å². The van der Waals surface area contributed by atoms with Gasteiger partial charge in [-0.05, 0) is 37.3 Å². The highest BCUT2D eigenvalue weighted by atomic mass is 16.3. The number of hydrogen-bond donors (Lipinski definition) is 1. The van der Waals surface area contributed by atoms with E-state index >= 15 is 0 Å². The minimum atomic E-state index is -0.379. The molecule has 0 saturated carbocycles. The zero-order valence-electron chi connectivity index (χ0n) is 9.88. The minimum absolute atomic E-state index is 0.157. The van der Waals surface area contributed by atoms with Gasteiger partial charge in [-0.15, -0.1) is 0 Å². The van der Waals surface area contributed by atoms with Crippen LogP contribution in [-0.2, 0) is 11.2 Å². The fraction of sp³-hybridized carbons (Fsp3) is 0.538. The Morgan fingerprint density at radius 2 is 2.41 bits per heavy atom. The van der Waals surface area contributed by atoms with Crippen LogP contribution in [0.5, 0.6) is 0 Å². The summed E-state index contributed by atoms with van der Waals surface area (Å²) in [5, 5.41) is 8.86. The Morgan fingerprint density at radius 3 is 3.12 bits per heavy atom. The summed E-state index contributed by atoms with van der Waals surface area (Å²) >= 11 is 0. The van der Waals surface area contributed by atoms with Crippen LogP contribution in [0.2, 0.25) is 0 Å². The summed E-state index contributed by atoms with van der Waals surface area (Å²) < 4.78 is 0. The lowest BCUT2D eigenvalue weighted by Crippen LogP contribution is -2.41. The molecule has 1 aliphatic heterocycles. The summed E-state index contributed by atoms with van der Waals surface area (Å²) in [4.78, 5) is 17.5. The lowest BCUT2D eigenvalue weighted by atomic mass is 9.93. The van der Waals surface area contributed by atoms with Crippen LogP contribution >= 0.6 is 0 Å². The number of hydrogen-bond acceptors (Lipinski definition) is 3. The molecule has 1 aliphatic rings. The van der Waals surface area contributed by atoms with E-state index < -0.39 is 0 Å². The molecule has 1 aromatic heterocycles. The Hall–Kier alpha value is -1.42. The van der Waals surface area contributed by atoms with Gasteiger partial charge in [0.05, 0.1) is 0 Å². The van der Waals surface area contributed by atoms with Gasteiger partial charge in [0.2, 0.25) is 5.91 Å². The Kier molecular flexibility index (Phi) is 4.09. The van der Waals surface area contributed by atoms with Crippen LogP contribution in [0.4, 0.5) is 0 Å². The molecule has 1 fully saturated rings. The standard InChI is InChI=1S/C13H18N2O2/c16-10-13(17)15-7-3-4-11(9-15)8-12-5-1-2-6-14-12/h1-2,5-6,11,16H,3-4,7-10H2/t11-/m0/s1. The topological polar surface area (TPSA) is 53.4 Å². The van der Waals surface area contributed by atoms with E-state index in [2.05, 4.69) is 4.98 Å². The molecule has 0 unspecified atom stereocenters. The third-order valence-corrected chi connectivity index (χ3v) is 3.23. The predicted molar refractivity (Wildman–Crippen MR) is 64.3 cm³/mol. The van der Waals surface area contributed by atoms with Crippen LogP contribution in [0.25, 0.3) is 0 Å². The van der Waals surface area contributed by atoms with E-state index in [9.17, 15) is 4.79 Å². The van der Waals surface area contributed by atoms with E-state index in [1.165, 1.54) is 0 Å². The van der Waals surface area contributed by atoms with E-state index in [1.54, 1.807) is 11.1 Å². The van der Waals surface area contributed by atoms with Gasteiger partial charge in [-0.2, -0.15) is 0 Å². The molecule has 4 heteroatoms. The van der Waals surface area contributed by atoms with Gasteiger partial charge in [0, 0.05) is 25.0 Å². The largest absolute Gasteiger partial charge is 0.387 e. The van der Waals surface area contributed by atoms with Crippen molar-refractivity contribution in [2.45, 2.75) is 19.3 Å². The summed E-state index contributed by atoms with van der Waals surface area (Å²) in [7, 11) is 0. The quantitative estimate of drug-likeness (QED) is 0.843. The number of rotatable bonds is 3. The molecule has 4 nitrogen and oxygen atoms in total. The third-order valence-electron chi connectivity index (χ3n) is 3.23. The van der Waals surface area contributed by atoms with Crippen molar-refractivity contribution in [1.82, 2.24) is 9.88 Å². The first-order chi connectivity index (χ1) is 8.29. The molecule has 0 spiro atoms. The number of carbonyl (C=O) groups excluding carboxylic acids is 1.